The summed E-state index contributed by atoms with van der Waals surface area (Å²) in [4.78, 5) is 149. The molecule has 5 unspecified atom stereocenters. The van der Waals surface area contributed by atoms with Crippen LogP contribution in [0.4, 0.5) is 4.79 Å². The van der Waals surface area contributed by atoms with Crippen LogP contribution in [0.2, 0.25) is 0 Å². The third-order valence-electron chi connectivity index (χ3n) is 17.6. The Kier molecular flexibility index (Phi) is 34.6. The SMILES string of the molecule is CCC(CC(C)(C)CCCC(CC(C)(C)CCCC(CC(C)(C)C)C(=O)NCCCNC(=O)CN1CCN2CCN3CCN(CC1)CC(=O)[O][111In]([O]C(=O)C2)[O]C(=O)C3)C(=O)NCc1ccc(O)cc1)C(=O)NCCCC[C@H](NC(=O)N[C@@H](CCC(=O)O)C(C)=O)C(=O)O. The fourth-order valence-corrected chi connectivity index (χ4v) is 15.1. The van der Waals surface area contributed by atoms with Gasteiger partial charge in [0.25, 0.3) is 0 Å². The van der Waals surface area contributed by atoms with E-state index in [0.717, 1.165) is 31.2 Å². The number of nitrogens with one attached hydrogen (secondary N) is 6. The van der Waals surface area contributed by atoms with Crippen molar-refractivity contribution < 1.29 is 76.6 Å². The summed E-state index contributed by atoms with van der Waals surface area (Å²) in [6.07, 6.45) is 7.62. The number of nitrogens with zero attached hydrogens (tertiary/aromatic N) is 4. The molecule has 94 heavy (non-hydrogen) atoms. The maximum Gasteiger partial charge on any atom is 0.326 e. The van der Waals surface area contributed by atoms with Gasteiger partial charge >= 0.3 is 209 Å². The van der Waals surface area contributed by atoms with Crippen molar-refractivity contribution in [1.29, 1.82) is 0 Å². The van der Waals surface area contributed by atoms with E-state index in [0.29, 0.717) is 136 Å². The Morgan fingerprint density at radius 2 is 1.01 bits per heavy atom. The van der Waals surface area contributed by atoms with E-state index < -0.39 is 76.5 Å². The van der Waals surface area contributed by atoms with Crippen LogP contribution in [-0.2, 0) is 63.1 Å². The van der Waals surface area contributed by atoms with Gasteiger partial charge < -0.3 is 41.9 Å². The quantitative estimate of drug-likeness (QED) is 0.0421. The van der Waals surface area contributed by atoms with Gasteiger partial charge in [-0.25, -0.2) is 9.59 Å². The molecule has 3 aliphatic heterocycles. The largest absolute Gasteiger partial charge is 0.508 e. The van der Waals surface area contributed by atoms with E-state index in [9.17, 15) is 63.0 Å². The maximum absolute atomic E-state index is 14.2. The molecule has 0 aliphatic carbocycles. The van der Waals surface area contributed by atoms with Gasteiger partial charge in [-0.1, -0.05) is 80.4 Å². The molecule has 7 atom stereocenters. The van der Waals surface area contributed by atoms with Gasteiger partial charge in [-0.15, -0.1) is 0 Å². The molecule has 0 radical (unpaired) electrons. The van der Waals surface area contributed by atoms with Gasteiger partial charge in [0, 0.05) is 43.8 Å². The number of aliphatic carboxylic acids is 2. The van der Waals surface area contributed by atoms with Gasteiger partial charge in [-0.3, -0.25) is 24.0 Å². The molecule has 4 bridgehead atoms. The number of benzene rings is 1. The molecule has 1 aromatic rings. The summed E-state index contributed by atoms with van der Waals surface area (Å²) >= 11 is -4.26. The standard InChI is InChI=1S/C66H112N10O17.In/c1-10-48(59(88)68-27-12-11-18-53(62(91)92)72-63(93)71-52(46(2)77)23-24-55(80)81)39-65(6,7)25-14-17-50(61(90)70-41-47-19-21-51(78)22-20-47)40-66(8,9)26-13-16-49(38-64(3,4)5)60(89)69-29-15-28-67-54(79)42-73-30-32-74(43-56(82)83)34-36-76(45-58(86)87)37-35-75(33-31-73)44-57(84)85;/h19-22,48-50,52-53,78H,10-18,23-45H2,1-9H3,(H,67,79)(H,68,88)(H,69,89)(H,70,90)(H,80,81)(H,82,83)(H,84,85)(H,86,87)(H,91,92)(H2,71,72,93);/q;+3/p-3/t48?,49?,50?,52-,53-;/m0./s1/i;1-4. The summed E-state index contributed by atoms with van der Waals surface area (Å²) in [5.74, 6) is -5.86. The van der Waals surface area contributed by atoms with E-state index in [2.05, 4.69) is 80.4 Å². The average Bonchev–Trinajstić information content (AvgIpc) is 1.36. The van der Waals surface area contributed by atoms with Crippen LogP contribution in [0.5, 0.6) is 5.75 Å². The van der Waals surface area contributed by atoms with Crippen LogP contribution in [0.15, 0.2) is 24.3 Å². The molecule has 6 amide bonds. The van der Waals surface area contributed by atoms with Crippen LogP contribution < -0.4 is 31.9 Å². The zero-order valence-corrected chi connectivity index (χ0v) is 60.5. The molecule has 27 nitrogen and oxygen atoms in total. The predicted molar refractivity (Wildman–Crippen MR) is 351 cm³/mol. The number of unbranched alkanes of at least 4 members (excludes halogenated alkanes) is 1. The molecule has 4 rings (SSSR count). The molecule has 1 aromatic carbocycles. The molecule has 3 saturated heterocycles. The first kappa shape index (κ1) is 80.3. The predicted octanol–water partition coefficient (Wildman–Crippen LogP) is 4.22. The number of aromatic hydroxyl groups is 1. The molecule has 9 N–H and O–H groups in total. The number of rotatable bonds is 37. The fraction of sp³-hybridized carbons (Fsp3) is 0.742. The Balaban J connectivity index is 1.27. The zero-order chi connectivity index (χ0) is 69.6. The van der Waals surface area contributed by atoms with E-state index in [1.54, 1.807) is 24.3 Å². The Bertz CT molecular complexity index is 2620. The van der Waals surface area contributed by atoms with Crippen LogP contribution >= 0.6 is 0 Å². The minimum atomic E-state index is -4.26. The van der Waals surface area contributed by atoms with Crippen molar-refractivity contribution in [2.75, 3.05) is 98.2 Å². The molecule has 0 saturated carbocycles. The third kappa shape index (κ3) is 33.0. The van der Waals surface area contributed by atoms with Gasteiger partial charge in [-0.05, 0) is 118 Å². The van der Waals surface area contributed by atoms with Crippen LogP contribution in [0.25, 0.3) is 0 Å². The van der Waals surface area contributed by atoms with Crippen molar-refractivity contribution in [3.63, 3.8) is 0 Å². The van der Waals surface area contributed by atoms with Gasteiger partial charge in [0.1, 0.15) is 11.8 Å². The number of phenolic OH excluding ortho intramolecular Hbond substituents is 1. The molecular formula is C66H109InN10O17. The third-order valence-corrected chi connectivity index (χ3v) is 21.5. The van der Waals surface area contributed by atoms with E-state index >= 15 is 0 Å². The van der Waals surface area contributed by atoms with Crippen molar-refractivity contribution in [2.45, 2.75) is 184 Å². The van der Waals surface area contributed by atoms with Crippen molar-refractivity contribution in [1.82, 2.24) is 51.5 Å². The van der Waals surface area contributed by atoms with E-state index in [4.69, 9.17) is 13.7 Å². The number of carbonyl (C=O) groups excluding carboxylic acids is 9. The summed E-state index contributed by atoms with van der Waals surface area (Å²) in [7, 11) is 0. The first-order chi connectivity index (χ1) is 44.3. The minimum absolute atomic E-state index is 0.00897. The number of hydrogen-bond acceptors (Lipinski definition) is 19. The number of amides is 6. The summed E-state index contributed by atoms with van der Waals surface area (Å²) < 4.78 is 16.4. The summed E-state index contributed by atoms with van der Waals surface area (Å²) in [5.41, 5.74) is 0.177. The van der Waals surface area contributed by atoms with Crippen molar-refractivity contribution in [3.8, 4) is 5.75 Å². The van der Waals surface area contributed by atoms with Crippen molar-refractivity contribution in [3.05, 3.63) is 29.8 Å². The first-order valence-electron chi connectivity index (χ1n) is 33.6. The normalized spacial score (nSPS) is 19.3. The van der Waals surface area contributed by atoms with E-state index in [-0.39, 0.29) is 109 Å². The fourth-order valence-electron chi connectivity index (χ4n) is 12.2. The average molecular weight is 1430 g/mol. The number of carbonyl (C=O) groups is 11. The van der Waals surface area contributed by atoms with Crippen LogP contribution in [-0.4, -0.2) is 233 Å². The Morgan fingerprint density at radius 1 is 0.553 bits per heavy atom. The number of carboxylic acid groups (broad SMARTS) is 2. The number of urea groups is 1. The van der Waals surface area contributed by atoms with Gasteiger partial charge in [0.2, 0.25) is 17.7 Å². The summed E-state index contributed by atoms with van der Waals surface area (Å²) in [6.45, 7) is 23.1. The minimum Gasteiger partial charge on any atom is -0.508 e. The molecule has 3 aliphatic rings. The second-order valence-corrected chi connectivity index (χ2v) is 32.1. The number of carboxylic acids is 2. The molecular weight excluding hydrogens is 1320 g/mol. The molecule has 528 valence electrons. The zero-order valence-electron chi connectivity index (χ0n) is 57.2. The first-order valence-corrected chi connectivity index (χ1v) is 37.7. The van der Waals surface area contributed by atoms with E-state index in [1.807, 2.05) is 26.5 Å². The Labute approximate surface area is 564 Å². The smallest absolute Gasteiger partial charge is 0.326 e. The monoisotopic (exact) mass is 1420 g/mol. The van der Waals surface area contributed by atoms with Crippen LogP contribution in [0.3, 0.4) is 0 Å². The number of hydrogen-bond donors (Lipinski definition) is 9. The summed E-state index contributed by atoms with van der Waals surface area (Å²) in [6, 6.07) is 3.47. The Morgan fingerprint density at radius 3 is 1.50 bits per heavy atom. The van der Waals surface area contributed by atoms with E-state index in [1.165, 1.54) is 6.92 Å². The van der Waals surface area contributed by atoms with Gasteiger partial charge in [0.05, 0.1) is 6.04 Å². The van der Waals surface area contributed by atoms with Crippen molar-refractivity contribution in [2.24, 2.45) is 34.0 Å². The van der Waals surface area contributed by atoms with Crippen molar-refractivity contribution >= 4 is 88.0 Å². The summed E-state index contributed by atoms with van der Waals surface area (Å²) in [5, 5.41) is 45.6. The van der Waals surface area contributed by atoms with Crippen LogP contribution in [0, 0.1) is 34.0 Å². The second kappa shape index (κ2) is 40.5. The maximum atomic E-state index is 14.2. The molecule has 3 heterocycles. The number of ketones is 1. The molecule has 3 fully saturated rings. The molecule has 28 heteroatoms. The molecule has 0 aromatic heterocycles. The van der Waals surface area contributed by atoms with Gasteiger partial charge in [0.15, 0.2) is 5.78 Å². The number of Topliss-reactive ketones (excluding diaryl/α,β-unsaturated/α-hetero) is 1. The number of fused-ring (bicyclic) bond motifs is 7. The topological polar surface area (TPSA) is 361 Å². The Hall–Kier alpha value is -6.10. The number of phenols is 1. The second-order valence-electron chi connectivity index (χ2n) is 28.4. The van der Waals surface area contributed by atoms with Crippen LogP contribution in [0.1, 0.15) is 171 Å². The molecule has 0 spiro atoms. The van der Waals surface area contributed by atoms with Gasteiger partial charge in [-0.2, -0.15) is 0 Å².